The zero-order valence-electron chi connectivity index (χ0n) is 15.6. The van der Waals surface area contributed by atoms with Crippen LogP contribution in [0.1, 0.15) is 78.1 Å². The third-order valence-corrected chi connectivity index (χ3v) is 4.47. The van der Waals surface area contributed by atoms with Gasteiger partial charge in [-0.15, -0.1) is 0 Å². The Morgan fingerprint density at radius 3 is 2.04 bits per heavy atom. The van der Waals surface area contributed by atoms with Crippen molar-refractivity contribution in [2.75, 3.05) is 26.3 Å². The number of carbonyl (C=O) groups excluding carboxylic acids is 2. The van der Waals surface area contributed by atoms with Crippen molar-refractivity contribution >= 4 is 11.9 Å². The summed E-state index contributed by atoms with van der Waals surface area (Å²) in [6.45, 7) is 6.85. The Morgan fingerprint density at radius 1 is 0.875 bits per heavy atom. The summed E-state index contributed by atoms with van der Waals surface area (Å²) in [6.07, 6.45) is 9.53. The number of unbranched alkanes of at least 4 members (excludes halogenated alkanes) is 4. The van der Waals surface area contributed by atoms with E-state index in [1.165, 1.54) is 6.42 Å². The Bertz CT molecular complexity index is 353. The van der Waals surface area contributed by atoms with Crippen molar-refractivity contribution in [2.24, 2.45) is 0 Å². The third kappa shape index (κ3) is 8.67. The maximum Gasteiger partial charge on any atom is 0.323 e. The quantitative estimate of drug-likeness (QED) is 0.400. The molecule has 0 spiro atoms. The maximum atomic E-state index is 12.4. The van der Waals surface area contributed by atoms with Gasteiger partial charge in [-0.1, -0.05) is 46.0 Å². The molecule has 1 aliphatic rings. The molecule has 5 nitrogen and oxygen atoms in total. The van der Waals surface area contributed by atoms with Crippen molar-refractivity contribution in [2.45, 2.75) is 84.1 Å². The lowest BCUT2D eigenvalue weighted by molar-refractivity contribution is -0.157. The number of likely N-dealkylation sites (tertiary alicyclic amines) is 1. The highest BCUT2D eigenvalue weighted by Gasteiger charge is 2.31. The van der Waals surface area contributed by atoms with E-state index in [4.69, 9.17) is 9.47 Å². The van der Waals surface area contributed by atoms with Crippen LogP contribution in [0.5, 0.6) is 0 Å². The Hall–Kier alpha value is -1.10. The highest BCUT2D eigenvalue weighted by Crippen LogP contribution is 2.16. The predicted molar refractivity (Wildman–Crippen MR) is 94.8 cm³/mol. The zero-order chi connectivity index (χ0) is 17.6. The molecule has 0 aromatic heterocycles. The molecule has 24 heavy (non-hydrogen) atoms. The number of piperidine rings is 1. The molecule has 1 heterocycles. The second-order valence-electron chi connectivity index (χ2n) is 6.62. The molecule has 1 saturated heterocycles. The molecule has 140 valence electrons. The highest BCUT2D eigenvalue weighted by atomic mass is 16.5. The molecule has 0 bridgehead atoms. The van der Waals surface area contributed by atoms with Crippen LogP contribution in [0.15, 0.2) is 0 Å². The summed E-state index contributed by atoms with van der Waals surface area (Å²) in [5.74, 6) is -0.550. The number of nitrogens with zero attached hydrogens (tertiary/aromatic N) is 1. The van der Waals surface area contributed by atoms with Crippen LogP contribution >= 0.6 is 0 Å². The lowest BCUT2D eigenvalue weighted by atomic mass is 10.1. The van der Waals surface area contributed by atoms with E-state index < -0.39 is 6.04 Å². The number of esters is 2. The van der Waals surface area contributed by atoms with Crippen molar-refractivity contribution in [1.29, 1.82) is 0 Å². The summed E-state index contributed by atoms with van der Waals surface area (Å²) in [7, 11) is 0. The first-order valence-electron chi connectivity index (χ1n) is 9.75. The first-order chi connectivity index (χ1) is 11.7. The molecule has 5 heteroatoms. The molecule has 1 rings (SSSR count). The van der Waals surface area contributed by atoms with E-state index in [1.807, 2.05) is 0 Å². The summed E-state index contributed by atoms with van der Waals surface area (Å²) < 4.78 is 10.7. The van der Waals surface area contributed by atoms with E-state index in [1.54, 1.807) is 0 Å². The van der Waals surface area contributed by atoms with Crippen LogP contribution in [0.25, 0.3) is 0 Å². The number of carbonyl (C=O) groups is 2. The van der Waals surface area contributed by atoms with Crippen molar-refractivity contribution < 1.29 is 19.1 Å². The number of hydrogen-bond acceptors (Lipinski definition) is 5. The van der Waals surface area contributed by atoms with Crippen LogP contribution in [-0.2, 0) is 19.1 Å². The van der Waals surface area contributed by atoms with E-state index in [0.717, 1.165) is 64.5 Å². The molecule has 1 aliphatic heterocycles. The highest BCUT2D eigenvalue weighted by molar-refractivity contribution is 5.82. The predicted octanol–water partition coefficient (Wildman–Crippen LogP) is 3.70. The van der Waals surface area contributed by atoms with E-state index in [-0.39, 0.29) is 18.4 Å². The zero-order valence-corrected chi connectivity index (χ0v) is 15.6. The molecule has 0 radical (unpaired) electrons. The van der Waals surface area contributed by atoms with Gasteiger partial charge in [-0.05, 0) is 38.8 Å². The van der Waals surface area contributed by atoms with Gasteiger partial charge >= 0.3 is 11.9 Å². The molecule has 0 saturated carbocycles. The minimum Gasteiger partial charge on any atom is -0.466 e. The van der Waals surface area contributed by atoms with Gasteiger partial charge in [0, 0.05) is 0 Å². The van der Waals surface area contributed by atoms with E-state index in [0.29, 0.717) is 13.2 Å². The van der Waals surface area contributed by atoms with Gasteiger partial charge in [0.1, 0.15) is 6.04 Å². The van der Waals surface area contributed by atoms with Crippen molar-refractivity contribution in [3.05, 3.63) is 0 Å². The fraction of sp³-hybridized carbons (Fsp3) is 0.895. The Kier molecular flexibility index (Phi) is 11.5. The lowest BCUT2D eigenvalue weighted by Gasteiger charge is -2.32. The van der Waals surface area contributed by atoms with Gasteiger partial charge in [0.15, 0.2) is 0 Å². The lowest BCUT2D eigenvalue weighted by Crippen LogP contribution is -2.46. The summed E-state index contributed by atoms with van der Waals surface area (Å²) >= 11 is 0. The molecular weight excluding hydrogens is 306 g/mol. The average molecular weight is 341 g/mol. The minimum absolute atomic E-state index is 0.110. The van der Waals surface area contributed by atoms with Gasteiger partial charge in [0.2, 0.25) is 0 Å². The van der Waals surface area contributed by atoms with Gasteiger partial charge in [0.05, 0.1) is 19.6 Å². The summed E-state index contributed by atoms with van der Waals surface area (Å²) in [4.78, 5) is 26.6. The van der Waals surface area contributed by atoms with E-state index in [9.17, 15) is 9.59 Å². The second kappa shape index (κ2) is 13.2. The molecular formula is C19H35NO4. The normalized spacial score (nSPS) is 16.6. The molecule has 0 aromatic carbocycles. The van der Waals surface area contributed by atoms with Crippen LogP contribution in [0, 0.1) is 0 Å². The van der Waals surface area contributed by atoms with Gasteiger partial charge in [-0.3, -0.25) is 14.5 Å². The van der Waals surface area contributed by atoms with Gasteiger partial charge < -0.3 is 9.47 Å². The Balaban J connectivity index is 2.47. The molecule has 0 aliphatic carbocycles. The summed E-state index contributed by atoms with van der Waals surface area (Å²) in [5, 5.41) is 0. The minimum atomic E-state index is -0.481. The molecule has 0 aromatic rings. The van der Waals surface area contributed by atoms with E-state index >= 15 is 0 Å². The van der Waals surface area contributed by atoms with Crippen molar-refractivity contribution in [3.63, 3.8) is 0 Å². The Morgan fingerprint density at radius 2 is 1.46 bits per heavy atom. The van der Waals surface area contributed by atoms with Crippen LogP contribution in [0.4, 0.5) is 0 Å². The largest absolute Gasteiger partial charge is 0.466 e. The standard InChI is InChI=1S/C19H35NO4/c1-3-5-10-14-23-18(21)16-17(20-12-8-7-9-13-20)19(22)24-15-11-6-4-2/h17H,3-16H2,1-2H3/t17-/m0/s1. The van der Waals surface area contributed by atoms with Gasteiger partial charge in [-0.2, -0.15) is 0 Å². The second-order valence-corrected chi connectivity index (χ2v) is 6.62. The monoisotopic (exact) mass is 341 g/mol. The SMILES string of the molecule is CCCCCOC(=O)C[C@@H](C(=O)OCCCCC)N1CCCCC1. The third-order valence-electron chi connectivity index (χ3n) is 4.47. The fourth-order valence-electron chi connectivity index (χ4n) is 2.97. The van der Waals surface area contributed by atoms with Gasteiger partial charge in [-0.25, -0.2) is 0 Å². The summed E-state index contributed by atoms with van der Waals surface area (Å²) in [5.41, 5.74) is 0. The van der Waals surface area contributed by atoms with Crippen LogP contribution < -0.4 is 0 Å². The molecule has 0 amide bonds. The molecule has 1 atom stereocenters. The molecule has 1 fully saturated rings. The number of rotatable bonds is 12. The maximum absolute atomic E-state index is 12.4. The number of ether oxygens (including phenoxy) is 2. The molecule has 0 unspecified atom stereocenters. The first kappa shape index (κ1) is 20.9. The average Bonchev–Trinajstić information content (AvgIpc) is 2.61. The first-order valence-corrected chi connectivity index (χ1v) is 9.75. The smallest absolute Gasteiger partial charge is 0.323 e. The summed E-state index contributed by atoms with van der Waals surface area (Å²) in [6, 6.07) is -0.481. The number of hydrogen-bond donors (Lipinski definition) is 0. The van der Waals surface area contributed by atoms with Gasteiger partial charge in [0.25, 0.3) is 0 Å². The fourth-order valence-corrected chi connectivity index (χ4v) is 2.97. The Labute approximate surface area is 147 Å². The van der Waals surface area contributed by atoms with Crippen molar-refractivity contribution in [1.82, 2.24) is 4.90 Å². The molecule has 0 N–H and O–H groups in total. The van der Waals surface area contributed by atoms with E-state index in [2.05, 4.69) is 18.7 Å². The van der Waals surface area contributed by atoms with Crippen LogP contribution in [-0.4, -0.2) is 49.2 Å². The van der Waals surface area contributed by atoms with Crippen LogP contribution in [0.3, 0.4) is 0 Å². The van der Waals surface area contributed by atoms with Crippen LogP contribution in [0.2, 0.25) is 0 Å². The topological polar surface area (TPSA) is 55.8 Å². The van der Waals surface area contributed by atoms with Crippen molar-refractivity contribution in [3.8, 4) is 0 Å².